The third kappa shape index (κ3) is 4.37. The number of nitrogens with zero attached hydrogens (tertiary/aromatic N) is 3. The molecule has 0 atom stereocenters. The van der Waals surface area contributed by atoms with Crippen molar-refractivity contribution in [2.75, 3.05) is 20.6 Å². The Kier molecular flexibility index (Phi) is 6.25. The van der Waals surface area contributed by atoms with Gasteiger partial charge in [0.25, 0.3) is 0 Å². The lowest BCUT2D eigenvalue weighted by Gasteiger charge is -2.22. The molecule has 0 radical (unpaired) electrons. The summed E-state index contributed by atoms with van der Waals surface area (Å²) < 4.78 is 3.24. The van der Waals surface area contributed by atoms with Crippen LogP contribution >= 0.6 is 15.9 Å². The fourth-order valence-electron chi connectivity index (χ4n) is 1.80. The number of aromatic nitrogens is 1. The quantitative estimate of drug-likeness (QED) is 0.515. The normalized spacial score (nSPS) is 11.7. The second kappa shape index (κ2) is 7.46. The molecule has 5 heteroatoms. The largest absolute Gasteiger partial charge is 0.356 e. The molecule has 18 heavy (non-hydrogen) atoms. The highest BCUT2D eigenvalue weighted by molar-refractivity contribution is 9.10. The molecule has 0 aliphatic heterocycles. The van der Waals surface area contributed by atoms with Gasteiger partial charge < -0.3 is 14.8 Å². The van der Waals surface area contributed by atoms with E-state index >= 15 is 0 Å². The van der Waals surface area contributed by atoms with E-state index in [-0.39, 0.29) is 0 Å². The maximum absolute atomic E-state index is 4.30. The third-order valence-corrected chi connectivity index (χ3v) is 3.29. The topological polar surface area (TPSA) is 32.6 Å². The maximum Gasteiger partial charge on any atom is 0.193 e. The van der Waals surface area contributed by atoms with E-state index in [1.165, 1.54) is 18.5 Å². The molecule has 1 aromatic rings. The third-order valence-electron chi connectivity index (χ3n) is 2.86. The molecule has 1 N–H and O–H groups in total. The summed E-state index contributed by atoms with van der Waals surface area (Å²) in [4.78, 5) is 6.44. The van der Waals surface area contributed by atoms with Gasteiger partial charge in [-0.05, 0) is 28.4 Å². The van der Waals surface area contributed by atoms with Crippen LogP contribution in [-0.4, -0.2) is 36.1 Å². The van der Waals surface area contributed by atoms with Crippen molar-refractivity contribution >= 4 is 21.9 Å². The first-order valence-electron chi connectivity index (χ1n) is 6.31. The molecule has 0 bridgehead atoms. The zero-order chi connectivity index (χ0) is 13.5. The molecule has 1 heterocycles. The molecule has 0 fully saturated rings. The molecule has 102 valence electrons. The van der Waals surface area contributed by atoms with Crippen molar-refractivity contribution < 1.29 is 0 Å². The van der Waals surface area contributed by atoms with Crippen LogP contribution in [0.15, 0.2) is 21.7 Å². The molecule has 0 amide bonds. The molecule has 0 saturated heterocycles. The SMILES string of the molecule is CCCCNC(=NC)N(C)Cc1cc(Br)cn1C. The number of aliphatic imine (C=N–C) groups is 1. The van der Waals surface area contributed by atoms with E-state index in [1.807, 2.05) is 7.05 Å². The van der Waals surface area contributed by atoms with E-state index in [1.54, 1.807) is 0 Å². The summed E-state index contributed by atoms with van der Waals surface area (Å²) in [6.07, 6.45) is 4.43. The fraction of sp³-hybridized carbons (Fsp3) is 0.615. The fourth-order valence-corrected chi connectivity index (χ4v) is 2.37. The van der Waals surface area contributed by atoms with E-state index in [0.717, 1.165) is 23.5 Å². The Balaban J connectivity index is 2.57. The monoisotopic (exact) mass is 314 g/mol. The van der Waals surface area contributed by atoms with E-state index < -0.39 is 0 Å². The van der Waals surface area contributed by atoms with Gasteiger partial charge in [-0.15, -0.1) is 0 Å². The molecule has 0 spiro atoms. The zero-order valence-corrected chi connectivity index (χ0v) is 13.3. The summed E-state index contributed by atoms with van der Waals surface area (Å²) in [5, 5.41) is 3.37. The Morgan fingerprint density at radius 3 is 2.78 bits per heavy atom. The molecule has 4 nitrogen and oxygen atoms in total. The van der Waals surface area contributed by atoms with Crippen LogP contribution in [0.5, 0.6) is 0 Å². The van der Waals surface area contributed by atoms with Crippen LogP contribution < -0.4 is 5.32 Å². The highest BCUT2D eigenvalue weighted by Gasteiger charge is 2.08. The molecule has 1 rings (SSSR count). The van der Waals surface area contributed by atoms with Crippen molar-refractivity contribution in [2.24, 2.45) is 12.0 Å². The van der Waals surface area contributed by atoms with Gasteiger partial charge in [0.05, 0.1) is 6.54 Å². The lowest BCUT2D eigenvalue weighted by atomic mass is 10.3. The molecule has 0 saturated carbocycles. The van der Waals surface area contributed by atoms with Gasteiger partial charge in [0, 0.05) is 44.1 Å². The van der Waals surface area contributed by atoms with Gasteiger partial charge in [-0.2, -0.15) is 0 Å². The lowest BCUT2D eigenvalue weighted by molar-refractivity contribution is 0.461. The predicted octanol–water partition coefficient (Wildman–Crippen LogP) is 2.59. The molecular weight excluding hydrogens is 292 g/mol. The van der Waals surface area contributed by atoms with Crippen molar-refractivity contribution in [1.29, 1.82) is 0 Å². The van der Waals surface area contributed by atoms with Crippen molar-refractivity contribution in [3.8, 4) is 0 Å². The smallest absolute Gasteiger partial charge is 0.193 e. The number of hydrogen-bond donors (Lipinski definition) is 1. The molecule has 0 unspecified atom stereocenters. The second-order valence-corrected chi connectivity index (χ2v) is 5.36. The maximum atomic E-state index is 4.30. The molecule has 0 aliphatic rings. The minimum atomic E-state index is 0.841. The van der Waals surface area contributed by atoms with Crippen LogP contribution in [0.1, 0.15) is 25.5 Å². The summed E-state index contributed by atoms with van der Waals surface area (Å²) in [5.41, 5.74) is 1.25. The molecule has 0 aromatic carbocycles. The summed E-state index contributed by atoms with van der Waals surface area (Å²) >= 11 is 3.49. The van der Waals surface area contributed by atoms with Gasteiger partial charge in [-0.1, -0.05) is 13.3 Å². The van der Waals surface area contributed by atoms with Gasteiger partial charge in [0.15, 0.2) is 5.96 Å². The predicted molar refractivity (Wildman–Crippen MR) is 80.8 cm³/mol. The summed E-state index contributed by atoms with van der Waals surface area (Å²) in [6, 6.07) is 2.13. The van der Waals surface area contributed by atoms with Crippen LogP contribution in [0.25, 0.3) is 0 Å². The number of hydrogen-bond acceptors (Lipinski definition) is 1. The first-order valence-corrected chi connectivity index (χ1v) is 7.10. The van der Waals surface area contributed by atoms with Gasteiger partial charge in [-0.3, -0.25) is 4.99 Å². The minimum absolute atomic E-state index is 0.841. The van der Waals surface area contributed by atoms with Crippen LogP contribution in [0.2, 0.25) is 0 Å². The highest BCUT2D eigenvalue weighted by Crippen LogP contribution is 2.14. The minimum Gasteiger partial charge on any atom is -0.356 e. The van der Waals surface area contributed by atoms with Crippen LogP contribution in [0, 0.1) is 0 Å². The number of unbranched alkanes of at least 4 members (excludes halogenated alkanes) is 1. The van der Waals surface area contributed by atoms with Crippen molar-refractivity contribution in [3.05, 3.63) is 22.4 Å². The first-order chi connectivity index (χ1) is 8.58. The highest BCUT2D eigenvalue weighted by atomic mass is 79.9. The lowest BCUT2D eigenvalue weighted by Crippen LogP contribution is -2.39. The Hall–Kier alpha value is -0.970. The van der Waals surface area contributed by atoms with E-state index in [4.69, 9.17) is 0 Å². The van der Waals surface area contributed by atoms with E-state index in [0.29, 0.717) is 0 Å². The Labute approximate surface area is 118 Å². The summed E-state index contributed by atoms with van der Waals surface area (Å²) in [6.45, 7) is 4.01. The molecule has 1 aromatic heterocycles. The van der Waals surface area contributed by atoms with E-state index in [9.17, 15) is 0 Å². The number of guanidine groups is 1. The summed E-state index contributed by atoms with van der Waals surface area (Å²) in [5.74, 6) is 0.945. The second-order valence-electron chi connectivity index (χ2n) is 4.44. The number of nitrogens with one attached hydrogen (secondary N) is 1. The van der Waals surface area contributed by atoms with Gasteiger partial charge in [-0.25, -0.2) is 0 Å². The van der Waals surface area contributed by atoms with Crippen molar-refractivity contribution in [3.63, 3.8) is 0 Å². The Morgan fingerprint density at radius 1 is 1.56 bits per heavy atom. The summed E-state index contributed by atoms with van der Waals surface area (Å²) in [7, 11) is 5.94. The van der Waals surface area contributed by atoms with Gasteiger partial charge in [0.1, 0.15) is 0 Å². The van der Waals surface area contributed by atoms with Crippen LogP contribution in [0.3, 0.4) is 0 Å². The molecule has 0 aliphatic carbocycles. The number of rotatable bonds is 5. The number of halogens is 1. The van der Waals surface area contributed by atoms with Crippen LogP contribution in [-0.2, 0) is 13.6 Å². The van der Waals surface area contributed by atoms with Gasteiger partial charge >= 0.3 is 0 Å². The van der Waals surface area contributed by atoms with Crippen molar-refractivity contribution in [2.45, 2.75) is 26.3 Å². The van der Waals surface area contributed by atoms with Gasteiger partial charge in [0.2, 0.25) is 0 Å². The zero-order valence-electron chi connectivity index (χ0n) is 11.7. The standard InChI is InChI=1S/C13H23BrN4/c1-5-6-7-16-13(15-2)18(4)10-12-8-11(14)9-17(12)3/h8-9H,5-7,10H2,1-4H3,(H,15,16). The average Bonchev–Trinajstić information content (AvgIpc) is 2.63. The molecular formula is C13H23BrN4. The van der Waals surface area contributed by atoms with E-state index in [2.05, 4.69) is 69.0 Å². The average molecular weight is 315 g/mol. The van der Waals surface area contributed by atoms with Crippen molar-refractivity contribution in [1.82, 2.24) is 14.8 Å². The number of aryl methyl sites for hydroxylation is 1. The first kappa shape index (κ1) is 15.1. The Morgan fingerprint density at radius 2 is 2.28 bits per heavy atom. The Bertz CT molecular complexity index is 398. The van der Waals surface area contributed by atoms with Crippen LogP contribution in [0.4, 0.5) is 0 Å².